The fraction of sp³-hybridized carbons (Fsp3) is 0.200. The molecule has 0 aliphatic carbocycles. The fourth-order valence-electron chi connectivity index (χ4n) is 1.47. The number of aromatic amines is 1. The Labute approximate surface area is 104 Å². The first-order valence-corrected chi connectivity index (χ1v) is 6.05. The fourth-order valence-corrected chi connectivity index (χ4v) is 1.98. The average molecular weight is 275 g/mol. The summed E-state index contributed by atoms with van der Waals surface area (Å²) < 4.78 is 38.8. The van der Waals surface area contributed by atoms with Crippen molar-refractivity contribution in [3.63, 3.8) is 0 Å². The predicted octanol–water partition coefficient (Wildman–Crippen LogP) is 2.30. The van der Waals surface area contributed by atoms with Crippen molar-refractivity contribution < 1.29 is 13.2 Å². The van der Waals surface area contributed by atoms with Gasteiger partial charge in [0.15, 0.2) is 5.16 Å². The molecule has 0 saturated heterocycles. The molecule has 0 aliphatic rings. The molecule has 1 heterocycles. The molecule has 1 N–H and O–H groups in total. The molecule has 96 valence electrons. The zero-order valence-corrected chi connectivity index (χ0v) is 9.97. The van der Waals surface area contributed by atoms with Gasteiger partial charge in [0.1, 0.15) is 0 Å². The Morgan fingerprint density at radius 3 is 2.72 bits per heavy atom. The van der Waals surface area contributed by atoms with Gasteiger partial charge in [-0.15, -0.1) is 5.10 Å². The molecule has 0 spiro atoms. The molecule has 8 heteroatoms. The van der Waals surface area contributed by atoms with Crippen LogP contribution in [0.3, 0.4) is 0 Å². The van der Waals surface area contributed by atoms with Crippen LogP contribution in [0.5, 0.6) is 0 Å². The minimum atomic E-state index is -4.44. The van der Waals surface area contributed by atoms with Crippen molar-refractivity contribution in [2.75, 3.05) is 6.26 Å². The Kier molecular flexibility index (Phi) is 3.20. The summed E-state index contributed by atoms with van der Waals surface area (Å²) in [6, 6.07) is 4.54. The molecule has 1 aromatic carbocycles. The monoisotopic (exact) mass is 275 g/mol. The molecule has 0 radical (unpaired) electrons. The SMILES string of the molecule is CSc1n[nH]c(=O)n1-c1cccc(C(F)(F)F)c1. The third-order valence-electron chi connectivity index (χ3n) is 2.26. The van der Waals surface area contributed by atoms with Gasteiger partial charge in [0.25, 0.3) is 0 Å². The van der Waals surface area contributed by atoms with Gasteiger partial charge in [-0.25, -0.2) is 14.5 Å². The van der Waals surface area contributed by atoms with E-state index in [4.69, 9.17) is 0 Å². The van der Waals surface area contributed by atoms with E-state index in [0.29, 0.717) is 5.16 Å². The molecular weight excluding hydrogens is 267 g/mol. The third kappa shape index (κ3) is 2.28. The van der Waals surface area contributed by atoms with E-state index in [-0.39, 0.29) is 5.69 Å². The lowest BCUT2D eigenvalue weighted by atomic mass is 10.2. The first-order chi connectivity index (χ1) is 8.43. The molecular formula is C10H8F3N3OS. The molecule has 0 aliphatic heterocycles. The molecule has 0 saturated carbocycles. The van der Waals surface area contributed by atoms with Crippen molar-refractivity contribution in [1.82, 2.24) is 14.8 Å². The summed E-state index contributed by atoms with van der Waals surface area (Å²) in [5.41, 5.74) is -1.24. The Morgan fingerprint density at radius 2 is 2.11 bits per heavy atom. The van der Waals surface area contributed by atoms with Crippen molar-refractivity contribution in [1.29, 1.82) is 0 Å². The van der Waals surface area contributed by atoms with Crippen LogP contribution in [-0.4, -0.2) is 21.0 Å². The number of hydrogen-bond donors (Lipinski definition) is 1. The lowest BCUT2D eigenvalue weighted by Crippen LogP contribution is -2.16. The minimum absolute atomic E-state index is 0.132. The molecule has 2 aromatic rings. The average Bonchev–Trinajstić information content (AvgIpc) is 2.69. The maximum Gasteiger partial charge on any atom is 0.416 e. The highest BCUT2D eigenvalue weighted by atomic mass is 32.2. The summed E-state index contributed by atoms with van der Waals surface area (Å²) in [7, 11) is 0. The number of halogens is 3. The first-order valence-electron chi connectivity index (χ1n) is 4.82. The maximum absolute atomic E-state index is 12.6. The standard InChI is InChI=1S/C10H8F3N3OS/c1-18-9-15-14-8(17)16(9)7-4-2-3-6(5-7)10(11,12)13/h2-5H,1H3,(H,14,17). The number of thioether (sulfide) groups is 1. The normalized spacial score (nSPS) is 11.8. The van der Waals surface area contributed by atoms with E-state index in [1.54, 1.807) is 6.26 Å². The van der Waals surface area contributed by atoms with Crippen LogP contribution in [0.2, 0.25) is 0 Å². The summed E-state index contributed by atoms with van der Waals surface area (Å²) in [5, 5.41) is 6.21. The molecule has 0 atom stereocenters. The number of H-pyrrole nitrogens is 1. The Hall–Kier alpha value is -1.70. The number of benzene rings is 1. The molecule has 0 fully saturated rings. The van der Waals surface area contributed by atoms with E-state index in [0.717, 1.165) is 28.5 Å². The van der Waals surface area contributed by atoms with Crippen LogP contribution in [0.4, 0.5) is 13.2 Å². The van der Waals surface area contributed by atoms with Crippen molar-refractivity contribution >= 4 is 11.8 Å². The molecule has 1 aromatic heterocycles. The van der Waals surface area contributed by atoms with E-state index >= 15 is 0 Å². The van der Waals surface area contributed by atoms with Crippen molar-refractivity contribution in [2.45, 2.75) is 11.3 Å². The lowest BCUT2D eigenvalue weighted by Gasteiger charge is -2.09. The van der Waals surface area contributed by atoms with Gasteiger partial charge in [-0.05, 0) is 24.5 Å². The molecule has 18 heavy (non-hydrogen) atoms. The molecule has 0 unspecified atom stereocenters. The summed E-state index contributed by atoms with van der Waals surface area (Å²) in [6.45, 7) is 0. The highest BCUT2D eigenvalue weighted by molar-refractivity contribution is 7.98. The quantitative estimate of drug-likeness (QED) is 0.856. The highest BCUT2D eigenvalue weighted by Crippen LogP contribution is 2.30. The number of nitrogens with one attached hydrogen (secondary N) is 1. The number of alkyl halides is 3. The van der Waals surface area contributed by atoms with Crippen LogP contribution in [0.1, 0.15) is 5.56 Å². The van der Waals surface area contributed by atoms with E-state index in [1.165, 1.54) is 12.1 Å². The van der Waals surface area contributed by atoms with Gasteiger partial charge in [0, 0.05) is 0 Å². The topological polar surface area (TPSA) is 50.7 Å². The zero-order chi connectivity index (χ0) is 13.3. The smallest absolute Gasteiger partial charge is 0.246 e. The molecule has 4 nitrogen and oxygen atoms in total. The third-order valence-corrected chi connectivity index (χ3v) is 2.89. The van der Waals surface area contributed by atoms with Crippen molar-refractivity contribution in [3.8, 4) is 5.69 Å². The highest BCUT2D eigenvalue weighted by Gasteiger charge is 2.30. The predicted molar refractivity (Wildman–Crippen MR) is 61.0 cm³/mol. The summed E-state index contributed by atoms with van der Waals surface area (Å²) in [6.07, 6.45) is -2.76. The van der Waals surface area contributed by atoms with E-state index in [1.807, 2.05) is 0 Å². The van der Waals surface area contributed by atoms with Gasteiger partial charge < -0.3 is 0 Å². The second kappa shape index (κ2) is 4.52. The number of hydrogen-bond acceptors (Lipinski definition) is 3. The summed E-state index contributed by atoms with van der Waals surface area (Å²) in [4.78, 5) is 11.5. The first kappa shape index (κ1) is 12.7. The van der Waals surface area contributed by atoms with Crippen LogP contribution in [0.15, 0.2) is 34.2 Å². The van der Waals surface area contributed by atoms with E-state index < -0.39 is 17.4 Å². The van der Waals surface area contributed by atoms with Crippen LogP contribution in [-0.2, 0) is 6.18 Å². The van der Waals surface area contributed by atoms with Gasteiger partial charge >= 0.3 is 11.9 Å². The number of aromatic nitrogens is 3. The molecule has 0 amide bonds. The Bertz CT molecular complexity index is 617. The summed E-state index contributed by atoms with van der Waals surface area (Å²) in [5.74, 6) is 0. The van der Waals surface area contributed by atoms with Crippen LogP contribution in [0, 0.1) is 0 Å². The van der Waals surface area contributed by atoms with Crippen LogP contribution < -0.4 is 5.69 Å². The van der Waals surface area contributed by atoms with Crippen molar-refractivity contribution in [3.05, 3.63) is 40.3 Å². The van der Waals surface area contributed by atoms with Gasteiger partial charge in [-0.2, -0.15) is 13.2 Å². The van der Waals surface area contributed by atoms with Gasteiger partial charge in [-0.1, -0.05) is 17.8 Å². The van der Waals surface area contributed by atoms with Gasteiger partial charge in [-0.3, -0.25) is 0 Å². The second-order valence-corrected chi connectivity index (χ2v) is 4.17. The Balaban J connectivity index is 2.58. The second-order valence-electron chi connectivity index (χ2n) is 3.40. The maximum atomic E-state index is 12.6. The van der Waals surface area contributed by atoms with Crippen LogP contribution in [0.25, 0.3) is 5.69 Å². The zero-order valence-electron chi connectivity index (χ0n) is 9.15. The lowest BCUT2D eigenvalue weighted by molar-refractivity contribution is -0.137. The minimum Gasteiger partial charge on any atom is -0.246 e. The number of nitrogens with zero attached hydrogens (tertiary/aromatic N) is 2. The van der Waals surface area contributed by atoms with E-state index in [9.17, 15) is 18.0 Å². The summed E-state index contributed by atoms with van der Waals surface area (Å²) >= 11 is 1.16. The van der Waals surface area contributed by atoms with Gasteiger partial charge in [0.2, 0.25) is 0 Å². The Morgan fingerprint density at radius 1 is 1.39 bits per heavy atom. The molecule has 2 rings (SSSR count). The number of rotatable bonds is 2. The van der Waals surface area contributed by atoms with E-state index in [2.05, 4.69) is 10.2 Å². The molecule has 0 bridgehead atoms. The van der Waals surface area contributed by atoms with Crippen molar-refractivity contribution in [2.24, 2.45) is 0 Å². The van der Waals surface area contributed by atoms with Gasteiger partial charge in [0.05, 0.1) is 11.3 Å². The van der Waals surface area contributed by atoms with Crippen LogP contribution >= 0.6 is 11.8 Å². The largest absolute Gasteiger partial charge is 0.416 e.